The van der Waals surface area contributed by atoms with Crippen LogP contribution < -0.4 is 5.32 Å². The van der Waals surface area contributed by atoms with E-state index in [9.17, 15) is 0 Å². The topological polar surface area (TPSA) is 29.9 Å². The summed E-state index contributed by atoms with van der Waals surface area (Å²) in [4.78, 5) is 0. The number of hydrogen-bond donors (Lipinski definition) is 1. The van der Waals surface area contributed by atoms with Crippen LogP contribution in [-0.2, 0) is 13.5 Å². The van der Waals surface area contributed by atoms with Gasteiger partial charge in [0.15, 0.2) is 0 Å². The van der Waals surface area contributed by atoms with E-state index < -0.39 is 0 Å². The minimum absolute atomic E-state index is 0.505. The van der Waals surface area contributed by atoms with Crippen molar-refractivity contribution in [2.75, 3.05) is 7.05 Å². The van der Waals surface area contributed by atoms with Gasteiger partial charge in [-0.3, -0.25) is 4.68 Å². The number of aryl methyl sites for hydroxylation is 2. The third-order valence-corrected chi connectivity index (χ3v) is 3.85. The minimum atomic E-state index is 0.505. The molecule has 0 fully saturated rings. The molecular weight excluding hydrogens is 222 g/mol. The maximum Gasteiger partial charge on any atom is 0.0568 e. The van der Waals surface area contributed by atoms with Gasteiger partial charge in [0.2, 0.25) is 0 Å². The molecule has 0 amide bonds. The lowest BCUT2D eigenvalue weighted by Gasteiger charge is -2.25. The van der Waals surface area contributed by atoms with Crippen LogP contribution in [0.4, 0.5) is 0 Å². The molecule has 2 aromatic rings. The van der Waals surface area contributed by atoms with Gasteiger partial charge in [0, 0.05) is 24.8 Å². The number of nitrogens with one attached hydrogen (secondary N) is 1. The molecule has 0 saturated carbocycles. The Bertz CT molecular complexity index is 557. The molecule has 0 aliphatic heterocycles. The van der Waals surface area contributed by atoms with Crippen LogP contribution in [0, 0.1) is 0 Å². The number of fused-ring (bicyclic) bond motifs is 1. The van der Waals surface area contributed by atoms with Crippen LogP contribution in [0.15, 0.2) is 30.6 Å². The standard InChI is InChI=1S/C15H19N3/c1-16-15-5-3-4-11-6-7-12(8-14(11)15)13-9-17-18(2)10-13/h6-10,15-16H,3-5H2,1-2H3. The van der Waals surface area contributed by atoms with E-state index in [1.165, 1.54) is 41.5 Å². The van der Waals surface area contributed by atoms with Gasteiger partial charge in [0.1, 0.15) is 0 Å². The lowest BCUT2D eigenvalue weighted by atomic mass is 9.86. The first-order valence-electron chi connectivity index (χ1n) is 6.57. The summed E-state index contributed by atoms with van der Waals surface area (Å²) in [5, 5.41) is 7.67. The molecule has 0 saturated heterocycles. The van der Waals surface area contributed by atoms with Crippen LogP contribution in [0.25, 0.3) is 11.1 Å². The highest BCUT2D eigenvalue weighted by molar-refractivity contribution is 5.64. The van der Waals surface area contributed by atoms with E-state index in [-0.39, 0.29) is 0 Å². The third-order valence-electron chi connectivity index (χ3n) is 3.85. The van der Waals surface area contributed by atoms with Crippen LogP contribution in [0.3, 0.4) is 0 Å². The van der Waals surface area contributed by atoms with Crippen molar-refractivity contribution in [2.45, 2.75) is 25.3 Å². The molecule has 0 spiro atoms. The van der Waals surface area contributed by atoms with Gasteiger partial charge in [0.05, 0.1) is 6.20 Å². The average molecular weight is 241 g/mol. The molecular formula is C15H19N3. The Hall–Kier alpha value is -1.61. The summed E-state index contributed by atoms with van der Waals surface area (Å²) in [6.45, 7) is 0. The second kappa shape index (κ2) is 4.58. The van der Waals surface area contributed by atoms with E-state index in [1.807, 2.05) is 17.9 Å². The summed E-state index contributed by atoms with van der Waals surface area (Å²) >= 11 is 0. The highest BCUT2D eigenvalue weighted by Gasteiger charge is 2.19. The fourth-order valence-electron chi connectivity index (χ4n) is 2.85. The summed E-state index contributed by atoms with van der Waals surface area (Å²) < 4.78 is 1.85. The zero-order valence-electron chi connectivity index (χ0n) is 11.0. The summed E-state index contributed by atoms with van der Waals surface area (Å²) in [5.41, 5.74) is 5.42. The lowest BCUT2D eigenvalue weighted by Crippen LogP contribution is -2.21. The molecule has 0 bridgehead atoms. The van der Waals surface area contributed by atoms with Crippen molar-refractivity contribution in [3.8, 4) is 11.1 Å². The van der Waals surface area contributed by atoms with Gasteiger partial charge in [-0.05, 0) is 49.1 Å². The summed E-state index contributed by atoms with van der Waals surface area (Å²) in [6.07, 6.45) is 7.73. The third kappa shape index (κ3) is 1.95. The van der Waals surface area contributed by atoms with E-state index in [1.54, 1.807) is 0 Å². The van der Waals surface area contributed by atoms with Crippen LogP contribution in [0.2, 0.25) is 0 Å². The Morgan fingerprint density at radius 1 is 1.33 bits per heavy atom. The van der Waals surface area contributed by atoms with E-state index in [0.717, 1.165) is 0 Å². The number of nitrogens with zero attached hydrogens (tertiary/aromatic N) is 2. The Kier molecular flexibility index (Phi) is 2.92. The number of aromatic nitrogens is 2. The average Bonchev–Trinajstić information content (AvgIpc) is 2.84. The minimum Gasteiger partial charge on any atom is -0.313 e. The van der Waals surface area contributed by atoms with Crippen LogP contribution in [0.5, 0.6) is 0 Å². The number of hydrogen-bond acceptors (Lipinski definition) is 2. The zero-order chi connectivity index (χ0) is 12.5. The summed E-state index contributed by atoms with van der Waals surface area (Å²) in [7, 11) is 4.01. The van der Waals surface area contributed by atoms with Gasteiger partial charge in [-0.15, -0.1) is 0 Å². The van der Waals surface area contributed by atoms with Crippen molar-refractivity contribution < 1.29 is 0 Å². The fraction of sp³-hybridized carbons (Fsp3) is 0.400. The van der Waals surface area contributed by atoms with Crippen LogP contribution in [-0.4, -0.2) is 16.8 Å². The van der Waals surface area contributed by atoms with Crippen LogP contribution in [0.1, 0.15) is 30.0 Å². The Balaban J connectivity index is 2.03. The highest BCUT2D eigenvalue weighted by atomic mass is 15.2. The molecule has 1 heterocycles. The molecule has 1 N–H and O–H groups in total. The van der Waals surface area contributed by atoms with Crippen molar-refractivity contribution in [3.05, 3.63) is 41.7 Å². The van der Waals surface area contributed by atoms with Gasteiger partial charge < -0.3 is 5.32 Å². The first kappa shape index (κ1) is 11.5. The quantitative estimate of drug-likeness (QED) is 0.876. The number of rotatable bonds is 2. The predicted molar refractivity (Wildman–Crippen MR) is 73.4 cm³/mol. The van der Waals surface area contributed by atoms with Crippen molar-refractivity contribution in [2.24, 2.45) is 7.05 Å². The second-order valence-electron chi connectivity index (χ2n) is 5.05. The fourth-order valence-corrected chi connectivity index (χ4v) is 2.85. The molecule has 94 valence electrons. The Morgan fingerprint density at radius 2 is 2.22 bits per heavy atom. The van der Waals surface area contributed by atoms with Crippen molar-refractivity contribution in [1.82, 2.24) is 15.1 Å². The van der Waals surface area contributed by atoms with Gasteiger partial charge in [-0.2, -0.15) is 5.10 Å². The predicted octanol–water partition coefficient (Wildman–Crippen LogP) is 2.68. The molecule has 1 unspecified atom stereocenters. The molecule has 1 aromatic carbocycles. The molecule has 3 rings (SSSR count). The van der Waals surface area contributed by atoms with Gasteiger partial charge >= 0.3 is 0 Å². The van der Waals surface area contributed by atoms with Crippen molar-refractivity contribution in [3.63, 3.8) is 0 Å². The Labute approximate surface area is 108 Å². The normalized spacial score (nSPS) is 18.7. The Morgan fingerprint density at radius 3 is 2.94 bits per heavy atom. The lowest BCUT2D eigenvalue weighted by molar-refractivity contribution is 0.497. The SMILES string of the molecule is CNC1CCCc2ccc(-c3cnn(C)c3)cc21. The zero-order valence-corrected chi connectivity index (χ0v) is 11.0. The second-order valence-corrected chi connectivity index (χ2v) is 5.05. The molecule has 1 aliphatic rings. The van der Waals surface area contributed by atoms with E-state index in [4.69, 9.17) is 0 Å². The molecule has 1 atom stereocenters. The van der Waals surface area contributed by atoms with Gasteiger partial charge in [-0.25, -0.2) is 0 Å². The monoisotopic (exact) mass is 241 g/mol. The number of benzene rings is 1. The van der Waals surface area contributed by atoms with Gasteiger partial charge in [0.25, 0.3) is 0 Å². The van der Waals surface area contributed by atoms with E-state index in [2.05, 4.69) is 41.9 Å². The van der Waals surface area contributed by atoms with E-state index in [0.29, 0.717) is 6.04 Å². The largest absolute Gasteiger partial charge is 0.313 e. The molecule has 18 heavy (non-hydrogen) atoms. The summed E-state index contributed by atoms with van der Waals surface area (Å²) in [5.74, 6) is 0. The molecule has 3 nitrogen and oxygen atoms in total. The first-order chi connectivity index (χ1) is 8.78. The van der Waals surface area contributed by atoms with Crippen LogP contribution >= 0.6 is 0 Å². The maximum absolute atomic E-state index is 4.25. The van der Waals surface area contributed by atoms with Crippen molar-refractivity contribution >= 4 is 0 Å². The van der Waals surface area contributed by atoms with E-state index >= 15 is 0 Å². The first-order valence-corrected chi connectivity index (χ1v) is 6.57. The molecule has 1 aromatic heterocycles. The maximum atomic E-state index is 4.25. The molecule has 0 radical (unpaired) electrons. The highest BCUT2D eigenvalue weighted by Crippen LogP contribution is 2.32. The molecule has 1 aliphatic carbocycles. The smallest absolute Gasteiger partial charge is 0.0568 e. The molecule has 3 heteroatoms. The van der Waals surface area contributed by atoms with Gasteiger partial charge in [-0.1, -0.05) is 12.1 Å². The summed E-state index contributed by atoms with van der Waals surface area (Å²) in [6, 6.07) is 7.33. The van der Waals surface area contributed by atoms with Crippen molar-refractivity contribution in [1.29, 1.82) is 0 Å².